The number of carbonyl (C=O) groups is 1. The lowest BCUT2D eigenvalue weighted by molar-refractivity contribution is -0.113. The van der Waals surface area contributed by atoms with Crippen molar-refractivity contribution >= 4 is 62.2 Å². The zero-order valence-electron chi connectivity index (χ0n) is 14.2. The molecule has 28 heavy (non-hydrogen) atoms. The van der Waals surface area contributed by atoms with Gasteiger partial charge in [0.05, 0.1) is 17.0 Å². The number of benzene rings is 2. The van der Waals surface area contributed by atoms with Crippen molar-refractivity contribution in [1.29, 1.82) is 0 Å². The minimum atomic E-state index is -4.17. The summed E-state index contributed by atoms with van der Waals surface area (Å²) in [6.07, 6.45) is 1.52. The largest absolute Gasteiger partial charge is 0.493 e. The van der Waals surface area contributed by atoms with E-state index >= 15 is 0 Å². The Morgan fingerprint density at radius 3 is 2.43 bits per heavy atom. The van der Waals surface area contributed by atoms with Gasteiger partial charge in [-0.25, -0.2) is 0 Å². The molecule has 1 heterocycles. The standard InChI is InChI=1S/C17H12Cl2N2O5S2/c1-25-13-7-9(8-14-16(22)21-17(20)27-14)6-12(19)15(13)26-28(23,24)11-4-2-10(18)3-5-11/h2-8H,1H3,(H2,20,21,22)/b14-8-. The van der Waals surface area contributed by atoms with E-state index in [9.17, 15) is 13.2 Å². The highest BCUT2D eigenvalue weighted by molar-refractivity contribution is 8.18. The molecule has 1 amide bonds. The summed E-state index contributed by atoms with van der Waals surface area (Å²) in [5, 5.41) is 0.507. The number of nitrogens with zero attached hydrogens (tertiary/aromatic N) is 1. The van der Waals surface area contributed by atoms with Crippen LogP contribution in [0, 0.1) is 0 Å². The van der Waals surface area contributed by atoms with E-state index < -0.39 is 16.0 Å². The van der Waals surface area contributed by atoms with Crippen LogP contribution in [-0.4, -0.2) is 26.6 Å². The van der Waals surface area contributed by atoms with Gasteiger partial charge in [-0.15, -0.1) is 0 Å². The second-order valence-corrected chi connectivity index (χ2v) is 8.84. The first-order chi connectivity index (χ1) is 13.2. The summed E-state index contributed by atoms with van der Waals surface area (Å²) in [6.45, 7) is 0. The first kappa shape index (κ1) is 20.5. The van der Waals surface area contributed by atoms with E-state index in [2.05, 4.69) is 4.99 Å². The minimum absolute atomic E-state index is 0.0203. The molecule has 0 unspecified atom stereocenters. The van der Waals surface area contributed by atoms with Crippen LogP contribution in [0.5, 0.6) is 11.5 Å². The fraction of sp³-hybridized carbons (Fsp3) is 0.0588. The number of ether oxygens (including phenoxy) is 1. The lowest BCUT2D eigenvalue weighted by Gasteiger charge is -2.13. The number of carbonyl (C=O) groups excluding carboxylic acids is 1. The molecule has 146 valence electrons. The maximum atomic E-state index is 12.5. The van der Waals surface area contributed by atoms with E-state index in [0.29, 0.717) is 15.5 Å². The lowest BCUT2D eigenvalue weighted by Crippen LogP contribution is -2.10. The molecule has 2 aromatic rings. The number of nitrogens with two attached hydrogens (primary N) is 1. The Morgan fingerprint density at radius 1 is 1.18 bits per heavy atom. The summed E-state index contributed by atoms with van der Waals surface area (Å²) in [4.78, 5) is 15.5. The molecule has 2 aromatic carbocycles. The SMILES string of the molecule is COc1cc(/C=C2\SC(N)=NC2=O)cc(Cl)c1OS(=O)(=O)c1ccc(Cl)cc1. The van der Waals surface area contributed by atoms with Crippen LogP contribution in [0.4, 0.5) is 0 Å². The third-order valence-electron chi connectivity index (χ3n) is 3.48. The Bertz CT molecular complexity index is 1110. The van der Waals surface area contributed by atoms with Gasteiger partial charge in [0.2, 0.25) is 5.75 Å². The number of hydrogen-bond acceptors (Lipinski definition) is 7. The number of amidine groups is 1. The third kappa shape index (κ3) is 4.44. The number of aliphatic imine (C=N–C) groups is 1. The van der Waals surface area contributed by atoms with Crippen LogP contribution >= 0.6 is 35.0 Å². The predicted molar refractivity (Wildman–Crippen MR) is 109 cm³/mol. The van der Waals surface area contributed by atoms with Crippen molar-refractivity contribution in [2.24, 2.45) is 10.7 Å². The van der Waals surface area contributed by atoms with Gasteiger partial charge in [0.1, 0.15) is 4.90 Å². The van der Waals surface area contributed by atoms with E-state index in [0.717, 1.165) is 11.8 Å². The zero-order chi connectivity index (χ0) is 20.5. The molecule has 7 nitrogen and oxygen atoms in total. The fourth-order valence-electron chi connectivity index (χ4n) is 2.24. The van der Waals surface area contributed by atoms with Gasteiger partial charge in [-0.1, -0.05) is 23.2 Å². The molecule has 0 radical (unpaired) electrons. The predicted octanol–water partition coefficient (Wildman–Crippen LogP) is 3.70. The van der Waals surface area contributed by atoms with Gasteiger partial charge in [0.15, 0.2) is 10.9 Å². The van der Waals surface area contributed by atoms with Gasteiger partial charge in [-0.2, -0.15) is 13.4 Å². The van der Waals surface area contributed by atoms with Crippen molar-refractivity contribution in [1.82, 2.24) is 0 Å². The van der Waals surface area contributed by atoms with Crippen molar-refractivity contribution in [3.8, 4) is 11.5 Å². The number of halogens is 2. The zero-order valence-corrected chi connectivity index (χ0v) is 17.3. The molecule has 1 aliphatic heterocycles. The molecule has 0 aliphatic carbocycles. The summed E-state index contributed by atoms with van der Waals surface area (Å²) in [5.74, 6) is -0.577. The van der Waals surface area contributed by atoms with Gasteiger partial charge >= 0.3 is 10.1 Å². The first-order valence-electron chi connectivity index (χ1n) is 7.55. The Kier molecular flexibility index (Phi) is 5.90. The molecule has 0 aromatic heterocycles. The Hall–Kier alpha value is -2.20. The van der Waals surface area contributed by atoms with Gasteiger partial charge in [0.25, 0.3) is 5.91 Å². The maximum Gasteiger partial charge on any atom is 0.339 e. The van der Waals surface area contributed by atoms with Crippen LogP contribution in [0.25, 0.3) is 6.08 Å². The summed E-state index contributed by atoms with van der Waals surface area (Å²) in [5.41, 5.74) is 6.00. The molecule has 0 saturated carbocycles. The average molecular weight is 459 g/mol. The van der Waals surface area contributed by atoms with E-state index in [1.807, 2.05) is 0 Å². The second kappa shape index (κ2) is 8.04. The molecule has 0 fully saturated rings. The Labute approximate surface area is 175 Å². The summed E-state index contributed by atoms with van der Waals surface area (Å²) in [7, 11) is -2.83. The van der Waals surface area contributed by atoms with Crippen molar-refractivity contribution in [3.05, 3.63) is 56.9 Å². The number of thioether (sulfide) groups is 1. The molecule has 2 N–H and O–H groups in total. The highest BCUT2D eigenvalue weighted by atomic mass is 35.5. The van der Waals surface area contributed by atoms with E-state index in [4.69, 9.17) is 37.9 Å². The van der Waals surface area contributed by atoms with Crippen molar-refractivity contribution in [2.45, 2.75) is 4.90 Å². The number of rotatable bonds is 5. The molecule has 3 rings (SSSR count). The highest BCUT2D eigenvalue weighted by Gasteiger charge is 2.23. The van der Waals surface area contributed by atoms with E-state index in [1.54, 1.807) is 0 Å². The van der Waals surface area contributed by atoms with E-state index in [-0.39, 0.29) is 26.6 Å². The molecule has 0 atom stereocenters. The highest BCUT2D eigenvalue weighted by Crippen LogP contribution is 2.39. The van der Waals surface area contributed by atoms with Crippen LogP contribution in [0.2, 0.25) is 10.0 Å². The van der Waals surface area contributed by atoms with Crippen LogP contribution in [0.15, 0.2) is 51.2 Å². The van der Waals surface area contributed by atoms with Crippen LogP contribution in [-0.2, 0) is 14.9 Å². The number of hydrogen-bond donors (Lipinski definition) is 1. The molecular formula is C17H12Cl2N2O5S2. The average Bonchev–Trinajstić information content (AvgIpc) is 2.94. The molecule has 1 aliphatic rings. The van der Waals surface area contributed by atoms with Gasteiger partial charge in [-0.3, -0.25) is 4.79 Å². The quantitative estimate of drug-likeness (QED) is 0.537. The van der Waals surface area contributed by atoms with Gasteiger partial charge < -0.3 is 14.7 Å². The van der Waals surface area contributed by atoms with E-state index in [1.165, 1.54) is 49.6 Å². The fourth-order valence-corrected chi connectivity index (χ4v) is 4.31. The summed E-state index contributed by atoms with van der Waals surface area (Å²) < 4.78 is 35.4. The topological polar surface area (TPSA) is 108 Å². The normalized spacial score (nSPS) is 15.6. The molecule has 11 heteroatoms. The second-order valence-electron chi connectivity index (χ2n) is 5.39. The van der Waals surface area contributed by atoms with Gasteiger partial charge in [-0.05, 0) is 59.8 Å². The number of amides is 1. The number of methoxy groups -OCH3 is 1. The summed E-state index contributed by atoms with van der Waals surface area (Å²) in [6, 6.07) is 8.39. The Balaban J connectivity index is 1.95. The monoisotopic (exact) mass is 458 g/mol. The molecule has 0 saturated heterocycles. The van der Waals surface area contributed by atoms with Crippen LogP contribution in [0.1, 0.15) is 5.56 Å². The van der Waals surface area contributed by atoms with Crippen LogP contribution in [0.3, 0.4) is 0 Å². The minimum Gasteiger partial charge on any atom is -0.493 e. The first-order valence-corrected chi connectivity index (χ1v) is 10.5. The van der Waals surface area contributed by atoms with Crippen LogP contribution < -0.4 is 14.7 Å². The van der Waals surface area contributed by atoms with Crippen molar-refractivity contribution in [3.63, 3.8) is 0 Å². The molecule has 0 spiro atoms. The lowest BCUT2D eigenvalue weighted by atomic mass is 10.2. The molecular weight excluding hydrogens is 447 g/mol. The molecule has 0 bridgehead atoms. The van der Waals surface area contributed by atoms with Gasteiger partial charge in [0, 0.05) is 5.02 Å². The van der Waals surface area contributed by atoms with Crippen molar-refractivity contribution in [2.75, 3.05) is 7.11 Å². The van der Waals surface area contributed by atoms with Crippen molar-refractivity contribution < 1.29 is 22.1 Å². The third-order valence-corrected chi connectivity index (χ3v) is 6.06. The smallest absolute Gasteiger partial charge is 0.339 e. The Morgan fingerprint density at radius 2 is 1.86 bits per heavy atom. The summed E-state index contributed by atoms with van der Waals surface area (Å²) >= 11 is 13.0. The maximum absolute atomic E-state index is 12.5.